The van der Waals surface area contributed by atoms with Crippen LogP contribution in [-0.4, -0.2) is 57.4 Å². The number of nitrogens with zero attached hydrogens (tertiary/aromatic N) is 1. The second-order valence-electron chi connectivity index (χ2n) is 10.7. The number of nitrogen functional groups attached to an aromatic ring is 1. The number of likely N-dealkylation sites (tertiary alicyclic amines) is 1. The van der Waals surface area contributed by atoms with Crippen LogP contribution in [0.25, 0.3) is 0 Å². The average Bonchev–Trinajstić information content (AvgIpc) is 2.86. The molecule has 0 aromatic heterocycles. The molecular formula is C28H47FN4O2. The number of nitrogens with one attached hydrogen (secondary N) is 2. The molecule has 1 aliphatic carbocycles. The van der Waals surface area contributed by atoms with Crippen molar-refractivity contribution >= 4 is 11.7 Å². The van der Waals surface area contributed by atoms with Crippen LogP contribution in [0.5, 0.6) is 0 Å². The van der Waals surface area contributed by atoms with E-state index in [2.05, 4.69) is 10.6 Å². The van der Waals surface area contributed by atoms with Crippen molar-refractivity contribution in [2.45, 2.75) is 82.6 Å². The molecule has 1 aliphatic heterocycles. The molecule has 0 bridgehead atoms. The summed E-state index contributed by atoms with van der Waals surface area (Å²) < 4.78 is 19.4. The molecule has 0 radical (unpaired) electrons. The van der Waals surface area contributed by atoms with Crippen LogP contribution < -0.4 is 16.4 Å². The second-order valence-corrected chi connectivity index (χ2v) is 10.7. The molecule has 1 aromatic rings. The summed E-state index contributed by atoms with van der Waals surface area (Å²) in [6.07, 6.45) is 12.4. The summed E-state index contributed by atoms with van der Waals surface area (Å²) in [6.45, 7) is 2.97. The summed E-state index contributed by atoms with van der Waals surface area (Å²) in [5.41, 5.74) is 7.85. The van der Waals surface area contributed by atoms with E-state index in [1.165, 1.54) is 38.2 Å². The van der Waals surface area contributed by atoms with Gasteiger partial charge in [0.15, 0.2) is 0 Å². The van der Waals surface area contributed by atoms with Crippen molar-refractivity contribution in [3.05, 3.63) is 29.6 Å². The molecule has 3 rings (SSSR count). The fourth-order valence-electron chi connectivity index (χ4n) is 6.18. The van der Waals surface area contributed by atoms with Crippen LogP contribution in [0.2, 0.25) is 0 Å². The number of ether oxygens (including phenoxy) is 1. The minimum atomic E-state index is -0.251. The molecule has 1 aromatic carbocycles. The Labute approximate surface area is 211 Å². The highest BCUT2D eigenvalue weighted by Crippen LogP contribution is 2.38. The predicted octanol–water partition coefficient (Wildman–Crippen LogP) is 5.29. The van der Waals surface area contributed by atoms with Crippen LogP contribution in [-0.2, 0) is 4.74 Å². The number of rotatable bonds is 12. The number of nitrogens with two attached hydrogens (primary N) is 1. The summed E-state index contributed by atoms with van der Waals surface area (Å²) in [5.74, 6) is 0.860. The lowest BCUT2D eigenvalue weighted by Crippen LogP contribution is -2.51. The zero-order valence-corrected chi connectivity index (χ0v) is 21.9. The first kappa shape index (κ1) is 27.7. The number of hydrogen-bond donors (Lipinski definition) is 3. The molecule has 1 unspecified atom stereocenters. The highest BCUT2D eigenvalue weighted by Gasteiger charge is 2.32. The highest BCUT2D eigenvalue weighted by atomic mass is 19.1. The lowest BCUT2D eigenvalue weighted by Gasteiger charge is -2.38. The summed E-state index contributed by atoms with van der Waals surface area (Å²) in [5, 5.41) is 6.60. The second kappa shape index (κ2) is 14.6. The molecule has 2 aliphatic rings. The lowest BCUT2D eigenvalue weighted by atomic mass is 9.77. The molecule has 1 saturated carbocycles. The van der Waals surface area contributed by atoms with Crippen molar-refractivity contribution in [1.29, 1.82) is 0 Å². The Morgan fingerprint density at radius 1 is 1.20 bits per heavy atom. The van der Waals surface area contributed by atoms with Gasteiger partial charge < -0.3 is 26.0 Å². The average molecular weight is 491 g/mol. The maximum absolute atomic E-state index is 14.2. The topological polar surface area (TPSA) is 79.6 Å². The van der Waals surface area contributed by atoms with Gasteiger partial charge in [-0.3, -0.25) is 0 Å². The maximum Gasteiger partial charge on any atom is 0.317 e. The summed E-state index contributed by atoms with van der Waals surface area (Å²) in [7, 11) is 3.67. The van der Waals surface area contributed by atoms with Crippen molar-refractivity contribution in [2.75, 3.05) is 46.1 Å². The maximum atomic E-state index is 14.2. The van der Waals surface area contributed by atoms with Crippen molar-refractivity contribution in [3.8, 4) is 0 Å². The Hall–Kier alpha value is -1.86. The van der Waals surface area contributed by atoms with E-state index in [-0.39, 0.29) is 29.7 Å². The predicted molar refractivity (Wildman–Crippen MR) is 141 cm³/mol. The third-order valence-electron chi connectivity index (χ3n) is 8.00. The van der Waals surface area contributed by atoms with Crippen molar-refractivity contribution in [3.63, 3.8) is 0 Å². The normalized spacial score (nSPS) is 21.0. The number of urea groups is 1. The number of carbonyl (C=O) groups is 1. The molecule has 35 heavy (non-hydrogen) atoms. The fourth-order valence-corrected chi connectivity index (χ4v) is 6.18. The number of methoxy groups -OCH3 is 1. The summed E-state index contributed by atoms with van der Waals surface area (Å²) >= 11 is 0. The summed E-state index contributed by atoms with van der Waals surface area (Å²) in [4.78, 5) is 15.3. The van der Waals surface area contributed by atoms with Crippen LogP contribution >= 0.6 is 0 Å². The molecule has 0 spiro atoms. The first-order chi connectivity index (χ1) is 17.0. The molecule has 198 valence electrons. The number of likely N-dealkylation sites (N-methyl/N-ethyl adjacent to an activating group) is 1. The zero-order valence-electron chi connectivity index (χ0n) is 21.9. The van der Waals surface area contributed by atoms with Crippen LogP contribution in [0.4, 0.5) is 14.9 Å². The van der Waals surface area contributed by atoms with E-state index in [1.807, 2.05) is 11.9 Å². The van der Waals surface area contributed by atoms with Gasteiger partial charge in [-0.25, -0.2) is 9.18 Å². The van der Waals surface area contributed by atoms with Crippen LogP contribution in [0.1, 0.15) is 82.1 Å². The van der Waals surface area contributed by atoms with Crippen molar-refractivity contribution < 1.29 is 13.9 Å². The fraction of sp³-hybridized carbons (Fsp3) is 0.750. The van der Waals surface area contributed by atoms with E-state index in [0.717, 1.165) is 63.8 Å². The van der Waals surface area contributed by atoms with Crippen LogP contribution in [0, 0.1) is 17.7 Å². The number of halogens is 1. The zero-order chi connectivity index (χ0) is 25.0. The van der Waals surface area contributed by atoms with E-state index in [4.69, 9.17) is 10.5 Å². The first-order valence-corrected chi connectivity index (χ1v) is 13.8. The van der Waals surface area contributed by atoms with Gasteiger partial charge >= 0.3 is 6.03 Å². The smallest absolute Gasteiger partial charge is 0.317 e. The Morgan fingerprint density at radius 2 is 2.00 bits per heavy atom. The monoisotopic (exact) mass is 490 g/mol. The number of carbonyl (C=O) groups excluding carboxylic acids is 1. The van der Waals surface area contributed by atoms with Crippen LogP contribution in [0.15, 0.2) is 18.2 Å². The molecule has 3 atom stereocenters. The minimum Gasteiger partial charge on any atom is -0.398 e. The van der Waals surface area contributed by atoms with E-state index in [9.17, 15) is 9.18 Å². The van der Waals surface area contributed by atoms with E-state index >= 15 is 0 Å². The van der Waals surface area contributed by atoms with Gasteiger partial charge in [0.1, 0.15) is 5.82 Å². The molecule has 6 nitrogen and oxygen atoms in total. The number of anilines is 1. The van der Waals surface area contributed by atoms with Gasteiger partial charge in [0, 0.05) is 45.1 Å². The molecule has 4 N–H and O–H groups in total. The molecule has 2 amide bonds. The SMILES string of the molecule is CNC[C@H](CC1CCCCC1)NC(=O)N1CCC[C@@H](C(CCCCOC)c2cc(F)ccc2N)C1. The van der Waals surface area contributed by atoms with Crippen molar-refractivity contribution in [1.82, 2.24) is 15.5 Å². The van der Waals surface area contributed by atoms with Crippen LogP contribution in [0.3, 0.4) is 0 Å². The van der Waals surface area contributed by atoms with E-state index < -0.39 is 0 Å². The Morgan fingerprint density at radius 3 is 2.74 bits per heavy atom. The number of amides is 2. The lowest BCUT2D eigenvalue weighted by molar-refractivity contribution is 0.147. The third-order valence-corrected chi connectivity index (χ3v) is 8.00. The molecule has 7 heteroatoms. The number of piperidine rings is 1. The van der Waals surface area contributed by atoms with Gasteiger partial charge in [0.2, 0.25) is 0 Å². The number of benzene rings is 1. The summed E-state index contributed by atoms with van der Waals surface area (Å²) in [6, 6.07) is 4.89. The quantitative estimate of drug-likeness (QED) is 0.275. The largest absolute Gasteiger partial charge is 0.398 e. The van der Waals surface area contributed by atoms with Gasteiger partial charge in [0.25, 0.3) is 0 Å². The highest BCUT2D eigenvalue weighted by molar-refractivity contribution is 5.74. The van der Waals surface area contributed by atoms with Gasteiger partial charge in [-0.05, 0) is 80.7 Å². The standard InChI is InChI=1S/C28H47FN4O2/c1-31-19-24(17-21-9-4-3-5-10-21)32-28(34)33-15-8-11-22(20-33)25(12-6-7-16-35-2)26-18-23(29)13-14-27(26)30/h13-14,18,21-22,24-25,31H,3-12,15-17,19-20,30H2,1-2H3,(H,32,34)/t22-,24+,25?/m1/s1. The number of hydrogen-bond acceptors (Lipinski definition) is 4. The molecule has 1 saturated heterocycles. The van der Waals surface area contributed by atoms with Gasteiger partial charge in [0.05, 0.1) is 0 Å². The van der Waals surface area contributed by atoms with Gasteiger partial charge in [-0.2, -0.15) is 0 Å². The van der Waals surface area contributed by atoms with Crippen molar-refractivity contribution in [2.24, 2.45) is 11.8 Å². The van der Waals surface area contributed by atoms with Gasteiger partial charge in [-0.1, -0.05) is 38.5 Å². The molecule has 2 fully saturated rings. The Kier molecular flexibility index (Phi) is 11.6. The minimum absolute atomic E-state index is 0.0381. The Bertz CT molecular complexity index is 771. The van der Waals surface area contributed by atoms with Gasteiger partial charge in [-0.15, -0.1) is 0 Å². The molecule has 1 heterocycles. The number of unbranched alkanes of at least 4 members (excludes halogenated alkanes) is 1. The molecular weight excluding hydrogens is 443 g/mol. The third kappa shape index (κ3) is 8.64. The van der Waals surface area contributed by atoms with E-state index in [1.54, 1.807) is 19.2 Å². The van der Waals surface area contributed by atoms with E-state index in [0.29, 0.717) is 18.2 Å². The Balaban J connectivity index is 1.66. The first-order valence-electron chi connectivity index (χ1n) is 13.8.